The van der Waals surface area contributed by atoms with E-state index in [4.69, 9.17) is 0 Å². The molecular weight excluding hydrogens is 282 g/mol. The molecule has 2 aromatic carbocycles. The van der Waals surface area contributed by atoms with E-state index in [1.807, 2.05) is 37.3 Å². The monoisotopic (exact) mass is 303 g/mol. The smallest absolute Gasteiger partial charge is 0.230 e. The van der Waals surface area contributed by atoms with Crippen LogP contribution in [0.2, 0.25) is 0 Å². The summed E-state index contributed by atoms with van der Waals surface area (Å²) in [5.41, 5.74) is 0. The summed E-state index contributed by atoms with van der Waals surface area (Å²) in [5.74, 6) is 1.12. The first-order chi connectivity index (χ1) is 9.99. The number of hydrogen-bond acceptors (Lipinski definition) is 3. The number of carbonyl (C=O) groups excluding carboxylic acids is 1. The SMILES string of the molecule is CC(C)C(C)NC(=O)CSc1ccc(O)c2ccccc12. The van der Waals surface area contributed by atoms with E-state index in [0.29, 0.717) is 11.7 Å². The van der Waals surface area contributed by atoms with E-state index in [2.05, 4.69) is 19.2 Å². The third-order valence-electron chi connectivity index (χ3n) is 3.61. The van der Waals surface area contributed by atoms with Gasteiger partial charge in [-0.15, -0.1) is 11.8 Å². The molecule has 2 rings (SSSR count). The van der Waals surface area contributed by atoms with Crippen molar-refractivity contribution in [1.82, 2.24) is 5.32 Å². The fourth-order valence-electron chi connectivity index (χ4n) is 1.99. The Bertz CT molecular complexity index is 640. The molecule has 0 aliphatic rings. The lowest BCUT2D eigenvalue weighted by Crippen LogP contribution is -2.37. The largest absolute Gasteiger partial charge is 0.507 e. The molecule has 21 heavy (non-hydrogen) atoms. The third-order valence-corrected chi connectivity index (χ3v) is 4.68. The standard InChI is InChI=1S/C17H21NO2S/c1-11(2)12(3)18-17(20)10-21-16-9-8-15(19)13-6-4-5-7-14(13)16/h4-9,11-12,19H,10H2,1-3H3,(H,18,20). The van der Waals surface area contributed by atoms with E-state index in [-0.39, 0.29) is 17.7 Å². The van der Waals surface area contributed by atoms with Crippen LogP contribution in [0.1, 0.15) is 20.8 Å². The summed E-state index contributed by atoms with van der Waals surface area (Å²) in [5, 5.41) is 14.7. The number of phenols is 1. The molecule has 0 aromatic heterocycles. The zero-order chi connectivity index (χ0) is 15.4. The predicted molar refractivity (Wildman–Crippen MR) is 88.8 cm³/mol. The maximum absolute atomic E-state index is 12.0. The predicted octanol–water partition coefficient (Wildman–Crippen LogP) is 3.80. The summed E-state index contributed by atoms with van der Waals surface area (Å²) < 4.78 is 0. The van der Waals surface area contributed by atoms with Crippen molar-refractivity contribution in [3.05, 3.63) is 36.4 Å². The van der Waals surface area contributed by atoms with Gasteiger partial charge in [-0.1, -0.05) is 38.1 Å². The van der Waals surface area contributed by atoms with E-state index in [9.17, 15) is 9.90 Å². The molecule has 0 bridgehead atoms. The van der Waals surface area contributed by atoms with E-state index >= 15 is 0 Å². The van der Waals surface area contributed by atoms with Crippen LogP contribution in [0.4, 0.5) is 0 Å². The van der Waals surface area contributed by atoms with Crippen LogP contribution in [-0.4, -0.2) is 22.8 Å². The minimum atomic E-state index is 0.0401. The Morgan fingerprint density at radius 1 is 1.14 bits per heavy atom. The molecule has 1 unspecified atom stereocenters. The third kappa shape index (κ3) is 3.91. The molecule has 0 heterocycles. The normalized spacial score (nSPS) is 12.6. The number of phenolic OH excluding ortho intramolecular Hbond substituents is 1. The molecule has 3 nitrogen and oxygen atoms in total. The van der Waals surface area contributed by atoms with Crippen molar-refractivity contribution in [2.45, 2.75) is 31.7 Å². The van der Waals surface area contributed by atoms with Gasteiger partial charge in [-0.2, -0.15) is 0 Å². The van der Waals surface area contributed by atoms with E-state index in [1.165, 1.54) is 11.8 Å². The lowest BCUT2D eigenvalue weighted by Gasteiger charge is -2.17. The number of carbonyl (C=O) groups is 1. The van der Waals surface area contributed by atoms with Gasteiger partial charge in [0.1, 0.15) is 5.75 Å². The van der Waals surface area contributed by atoms with Crippen LogP contribution < -0.4 is 5.32 Å². The van der Waals surface area contributed by atoms with Crippen LogP contribution in [0.3, 0.4) is 0 Å². The molecule has 0 saturated carbocycles. The highest BCUT2D eigenvalue weighted by Gasteiger charge is 2.12. The maximum Gasteiger partial charge on any atom is 0.230 e. The Hall–Kier alpha value is -1.68. The first-order valence-electron chi connectivity index (χ1n) is 7.12. The van der Waals surface area contributed by atoms with Gasteiger partial charge < -0.3 is 10.4 Å². The average Bonchev–Trinajstić information content (AvgIpc) is 2.46. The first-order valence-corrected chi connectivity index (χ1v) is 8.10. The first kappa shape index (κ1) is 15.7. The number of rotatable bonds is 5. The van der Waals surface area contributed by atoms with Crippen molar-refractivity contribution < 1.29 is 9.90 Å². The second-order valence-electron chi connectivity index (χ2n) is 5.52. The van der Waals surface area contributed by atoms with Gasteiger partial charge in [0.05, 0.1) is 5.75 Å². The van der Waals surface area contributed by atoms with Gasteiger partial charge >= 0.3 is 0 Å². The Labute approximate surface area is 129 Å². The molecule has 112 valence electrons. The number of nitrogens with one attached hydrogen (secondary N) is 1. The van der Waals surface area contributed by atoms with Crippen molar-refractivity contribution in [2.24, 2.45) is 5.92 Å². The van der Waals surface area contributed by atoms with Crippen LogP contribution in [0.25, 0.3) is 10.8 Å². The van der Waals surface area contributed by atoms with Gasteiger partial charge in [0, 0.05) is 16.3 Å². The van der Waals surface area contributed by atoms with Crippen molar-refractivity contribution in [3.8, 4) is 5.75 Å². The fourth-order valence-corrected chi connectivity index (χ4v) is 2.85. The second-order valence-corrected chi connectivity index (χ2v) is 6.53. The molecular formula is C17H21NO2S. The molecule has 2 N–H and O–H groups in total. The van der Waals surface area contributed by atoms with Gasteiger partial charge in [-0.3, -0.25) is 4.79 Å². The molecule has 1 amide bonds. The van der Waals surface area contributed by atoms with Crippen LogP contribution in [0.5, 0.6) is 5.75 Å². The fraction of sp³-hybridized carbons (Fsp3) is 0.353. The highest BCUT2D eigenvalue weighted by atomic mass is 32.2. The van der Waals surface area contributed by atoms with Crippen molar-refractivity contribution in [2.75, 3.05) is 5.75 Å². The van der Waals surface area contributed by atoms with Crippen molar-refractivity contribution in [1.29, 1.82) is 0 Å². The highest BCUT2D eigenvalue weighted by Crippen LogP contribution is 2.33. The summed E-state index contributed by atoms with van der Waals surface area (Å²) >= 11 is 1.50. The molecule has 0 radical (unpaired) electrons. The quantitative estimate of drug-likeness (QED) is 0.826. The number of fused-ring (bicyclic) bond motifs is 1. The zero-order valence-corrected chi connectivity index (χ0v) is 13.4. The van der Waals surface area contributed by atoms with Gasteiger partial charge in [0.2, 0.25) is 5.91 Å². The number of thioether (sulfide) groups is 1. The lowest BCUT2D eigenvalue weighted by atomic mass is 10.1. The topological polar surface area (TPSA) is 49.3 Å². The average molecular weight is 303 g/mol. The van der Waals surface area contributed by atoms with E-state index in [0.717, 1.165) is 15.7 Å². The molecule has 4 heteroatoms. The Kier molecular flexibility index (Phi) is 5.12. The number of hydrogen-bond donors (Lipinski definition) is 2. The summed E-state index contributed by atoms with van der Waals surface area (Å²) in [6.07, 6.45) is 0. The number of amides is 1. The molecule has 0 aliphatic heterocycles. The van der Waals surface area contributed by atoms with Gasteiger partial charge in [0.15, 0.2) is 0 Å². The molecule has 1 atom stereocenters. The maximum atomic E-state index is 12.0. The van der Waals surface area contributed by atoms with Crippen LogP contribution >= 0.6 is 11.8 Å². The van der Waals surface area contributed by atoms with Gasteiger partial charge in [0.25, 0.3) is 0 Å². The van der Waals surface area contributed by atoms with Crippen LogP contribution in [0.15, 0.2) is 41.3 Å². The van der Waals surface area contributed by atoms with Crippen LogP contribution in [-0.2, 0) is 4.79 Å². The number of aromatic hydroxyl groups is 1. The summed E-state index contributed by atoms with van der Waals surface area (Å²) in [4.78, 5) is 13.0. The summed E-state index contributed by atoms with van der Waals surface area (Å²) in [7, 11) is 0. The minimum Gasteiger partial charge on any atom is -0.507 e. The summed E-state index contributed by atoms with van der Waals surface area (Å²) in [6.45, 7) is 6.19. The number of benzene rings is 2. The minimum absolute atomic E-state index is 0.0401. The molecule has 0 aliphatic carbocycles. The Balaban J connectivity index is 2.07. The van der Waals surface area contributed by atoms with E-state index < -0.39 is 0 Å². The highest BCUT2D eigenvalue weighted by molar-refractivity contribution is 8.00. The Morgan fingerprint density at radius 2 is 1.81 bits per heavy atom. The molecule has 2 aromatic rings. The molecule has 0 fully saturated rings. The Morgan fingerprint density at radius 3 is 2.48 bits per heavy atom. The van der Waals surface area contributed by atoms with Crippen molar-refractivity contribution >= 4 is 28.4 Å². The summed E-state index contributed by atoms with van der Waals surface area (Å²) in [6, 6.07) is 11.4. The molecule has 0 saturated heterocycles. The van der Waals surface area contributed by atoms with Crippen molar-refractivity contribution in [3.63, 3.8) is 0 Å². The van der Waals surface area contributed by atoms with Gasteiger partial charge in [-0.25, -0.2) is 0 Å². The zero-order valence-electron chi connectivity index (χ0n) is 12.6. The van der Waals surface area contributed by atoms with E-state index in [1.54, 1.807) is 6.07 Å². The molecule has 0 spiro atoms. The van der Waals surface area contributed by atoms with Crippen LogP contribution in [0, 0.1) is 5.92 Å². The second kappa shape index (κ2) is 6.85. The lowest BCUT2D eigenvalue weighted by molar-refractivity contribution is -0.119. The van der Waals surface area contributed by atoms with Gasteiger partial charge in [-0.05, 0) is 30.4 Å².